The molecular formula is C19H23NO4. The first-order chi connectivity index (χ1) is 11.6. The largest absolute Gasteiger partial charge is 0.497 e. The van der Waals surface area contributed by atoms with Gasteiger partial charge in [0.15, 0.2) is 0 Å². The Hall–Kier alpha value is -2.69. The third-order valence-electron chi connectivity index (χ3n) is 3.77. The van der Waals surface area contributed by atoms with E-state index < -0.39 is 0 Å². The molecular weight excluding hydrogens is 306 g/mol. The second-order valence-corrected chi connectivity index (χ2v) is 5.39. The molecule has 0 aliphatic carbocycles. The molecule has 0 radical (unpaired) electrons. The van der Waals surface area contributed by atoms with Crippen LogP contribution in [0, 0.1) is 6.92 Å². The molecule has 2 rings (SSSR count). The highest BCUT2D eigenvalue weighted by atomic mass is 16.5. The van der Waals surface area contributed by atoms with Crippen LogP contribution in [0.2, 0.25) is 0 Å². The molecule has 1 N–H and O–H groups in total. The molecule has 24 heavy (non-hydrogen) atoms. The zero-order chi connectivity index (χ0) is 17.5. The second-order valence-electron chi connectivity index (χ2n) is 5.39. The summed E-state index contributed by atoms with van der Waals surface area (Å²) in [5.41, 5.74) is 2.71. The molecule has 0 bridgehead atoms. The highest BCUT2D eigenvalue weighted by Crippen LogP contribution is 2.24. The second kappa shape index (κ2) is 8.24. The fourth-order valence-electron chi connectivity index (χ4n) is 2.49. The SMILES string of the molecule is COc1ccc(C(=O)NCCc2cc(C)ccc2OC)c(OC)c1. The number of aryl methyl sites for hydroxylation is 1. The standard InChI is InChI=1S/C19H23NO4/c1-13-5-8-17(23-3)14(11-13)9-10-20-19(21)16-7-6-15(22-2)12-18(16)24-4/h5-8,11-12H,9-10H2,1-4H3,(H,20,21). The average Bonchev–Trinajstić information content (AvgIpc) is 2.61. The molecule has 0 heterocycles. The van der Waals surface area contributed by atoms with Gasteiger partial charge in [-0.2, -0.15) is 0 Å². The van der Waals surface area contributed by atoms with E-state index in [2.05, 4.69) is 11.4 Å². The first kappa shape index (κ1) is 17.7. The number of benzene rings is 2. The van der Waals surface area contributed by atoms with Crippen LogP contribution in [0.1, 0.15) is 21.5 Å². The molecule has 0 aliphatic heterocycles. The quantitative estimate of drug-likeness (QED) is 0.848. The van der Waals surface area contributed by atoms with E-state index in [0.29, 0.717) is 30.0 Å². The summed E-state index contributed by atoms with van der Waals surface area (Å²) in [6, 6.07) is 11.1. The Morgan fingerprint density at radius 2 is 1.71 bits per heavy atom. The van der Waals surface area contributed by atoms with Gasteiger partial charge in [0.05, 0.1) is 26.9 Å². The Balaban J connectivity index is 2.02. The molecule has 0 atom stereocenters. The van der Waals surface area contributed by atoms with Crippen molar-refractivity contribution >= 4 is 5.91 Å². The Morgan fingerprint density at radius 3 is 2.38 bits per heavy atom. The number of carbonyl (C=O) groups is 1. The van der Waals surface area contributed by atoms with Gasteiger partial charge in [-0.15, -0.1) is 0 Å². The van der Waals surface area contributed by atoms with Gasteiger partial charge in [0.25, 0.3) is 5.91 Å². The van der Waals surface area contributed by atoms with E-state index in [1.807, 2.05) is 19.1 Å². The van der Waals surface area contributed by atoms with Crippen LogP contribution in [0.3, 0.4) is 0 Å². The number of rotatable bonds is 7. The number of ether oxygens (including phenoxy) is 3. The van der Waals surface area contributed by atoms with E-state index in [0.717, 1.165) is 16.9 Å². The minimum Gasteiger partial charge on any atom is -0.497 e. The number of hydrogen-bond donors (Lipinski definition) is 1. The lowest BCUT2D eigenvalue weighted by Gasteiger charge is -2.12. The predicted octanol–water partition coefficient (Wildman–Crippen LogP) is 2.99. The van der Waals surface area contributed by atoms with Crippen LogP contribution in [0.15, 0.2) is 36.4 Å². The van der Waals surface area contributed by atoms with Gasteiger partial charge in [-0.05, 0) is 37.1 Å². The van der Waals surface area contributed by atoms with Gasteiger partial charge in [0.2, 0.25) is 0 Å². The monoisotopic (exact) mass is 329 g/mol. The van der Waals surface area contributed by atoms with Gasteiger partial charge in [-0.25, -0.2) is 0 Å². The first-order valence-electron chi connectivity index (χ1n) is 7.72. The molecule has 2 aromatic carbocycles. The fourth-order valence-corrected chi connectivity index (χ4v) is 2.49. The van der Waals surface area contributed by atoms with E-state index in [4.69, 9.17) is 14.2 Å². The topological polar surface area (TPSA) is 56.8 Å². The number of carbonyl (C=O) groups excluding carboxylic acids is 1. The first-order valence-corrected chi connectivity index (χ1v) is 7.72. The van der Waals surface area contributed by atoms with Crippen molar-refractivity contribution in [1.82, 2.24) is 5.32 Å². The van der Waals surface area contributed by atoms with Gasteiger partial charge in [0, 0.05) is 12.6 Å². The van der Waals surface area contributed by atoms with Crippen LogP contribution in [0.5, 0.6) is 17.2 Å². The molecule has 0 saturated heterocycles. The summed E-state index contributed by atoms with van der Waals surface area (Å²) in [5.74, 6) is 1.78. The maximum Gasteiger partial charge on any atom is 0.255 e. The molecule has 0 aromatic heterocycles. The molecule has 5 nitrogen and oxygen atoms in total. The molecule has 0 saturated carbocycles. The van der Waals surface area contributed by atoms with E-state index in [1.165, 1.54) is 7.11 Å². The number of methoxy groups -OCH3 is 3. The van der Waals surface area contributed by atoms with Gasteiger partial charge in [-0.1, -0.05) is 17.7 Å². The van der Waals surface area contributed by atoms with Crippen LogP contribution in [0.25, 0.3) is 0 Å². The highest BCUT2D eigenvalue weighted by Gasteiger charge is 2.13. The fraction of sp³-hybridized carbons (Fsp3) is 0.316. The van der Waals surface area contributed by atoms with Crippen LogP contribution >= 0.6 is 0 Å². The number of hydrogen-bond acceptors (Lipinski definition) is 4. The smallest absolute Gasteiger partial charge is 0.255 e. The number of nitrogens with one attached hydrogen (secondary N) is 1. The van der Waals surface area contributed by atoms with E-state index in [9.17, 15) is 4.79 Å². The Kier molecular flexibility index (Phi) is 6.07. The van der Waals surface area contributed by atoms with Gasteiger partial charge < -0.3 is 19.5 Å². The Bertz CT molecular complexity index is 713. The molecule has 0 aliphatic rings. The predicted molar refractivity (Wildman–Crippen MR) is 93.3 cm³/mol. The normalized spacial score (nSPS) is 10.2. The highest BCUT2D eigenvalue weighted by molar-refractivity contribution is 5.97. The lowest BCUT2D eigenvalue weighted by atomic mass is 10.1. The van der Waals surface area contributed by atoms with Crippen LogP contribution in [-0.4, -0.2) is 33.8 Å². The van der Waals surface area contributed by atoms with Gasteiger partial charge >= 0.3 is 0 Å². The summed E-state index contributed by atoms with van der Waals surface area (Å²) in [6.07, 6.45) is 0.690. The molecule has 0 spiro atoms. The minimum absolute atomic E-state index is 0.180. The van der Waals surface area contributed by atoms with Crippen LogP contribution in [-0.2, 0) is 6.42 Å². The molecule has 128 valence electrons. The van der Waals surface area contributed by atoms with Crippen molar-refractivity contribution < 1.29 is 19.0 Å². The average molecular weight is 329 g/mol. The van der Waals surface area contributed by atoms with Crippen LogP contribution in [0.4, 0.5) is 0 Å². The summed E-state index contributed by atoms with van der Waals surface area (Å²) < 4.78 is 15.8. The zero-order valence-corrected chi connectivity index (χ0v) is 14.5. The maximum absolute atomic E-state index is 12.4. The molecule has 1 amide bonds. The van der Waals surface area contributed by atoms with Crippen molar-refractivity contribution in [2.75, 3.05) is 27.9 Å². The molecule has 5 heteroatoms. The lowest BCUT2D eigenvalue weighted by Crippen LogP contribution is -2.26. The third-order valence-corrected chi connectivity index (χ3v) is 3.77. The van der Waals surface area contributed by atoms with Crippen molar-refractivity contribution in [3.05, 3.63) is 53.1 Å². The number of amides is 1. The van der Waals surface area contributed by atoms with E-state index in [-0.39, 0.29) is 5.91 Å². The molecule has 0 fully saturated rings. The maximum atomic E-state index is 12.4. The third kappa shape index (κ3) is 4.19. The lowest BCUT2D eigenvalue weighted by molar-refractivity contribution is 0.0951. The zero-order valence-electron chi connectivity index (χ0n) is 14.5. The van der Waals surface area contributed by atoms with E-state index >= 15 is 0 Å². The summed E-state index contributed by atoms with van der Waals surface area (Å²) in [7, 11) is 4.75. The van der Waals surface area contributed by atoms with Crippen molar-refractivity contribution in [2.45, 2.75) is 13.3 Å². The van der Waals surface area contributed by atoms with Gasteiger partial charge in [-0.3, -0.25) is 4.79 Å². The molecule has 0 unspecified atom stereocenters. The van der Waals surface area contributed by atoms with Crippen molar-refractivity contribution in [3.8, 4) is 17.2 Å². The van der Waals surface area contributed by atoms with Crippen molar-refractivity contribution in [1.29, 1.82) is 0 Å². The summed E-state index contributed by atoms with van der Waals surface area (Å²) >= 11 is 0. The Morgan fingerprint density at radius 1 is 0.958 bits per heavy atom. The van der Waals surface area contributed by atoms with Crippen molar-refractivity contribution in [2.24, 2.45) is 0 Å². The van der Waals surface area contributed by atoms with Gasteiger partial charge in [0.1, 0.15) is 17.2 Å². The molecule has 2 aromatic rings. The summed E-state index contributed by atoms with van der Waals surface area (Å²) in [4.78, 5) is 12.4. The van der Waals surface area contributed by atoms with Crippen LogP contribution < -0.4 is 19.5 Å². The Labute approximate surface area is 142 Å². The minimum atomic E-state index is -0.180. The summed E-state index contributed by atoms with van der Waals surface area (Å²) in [6.45, 7) is 2.54. The summed E-state index contributed by atoms with van der Waals surface area (Å²) in [5, 5.41) is 2.92. The van der Waals surface area contributed by atoms with E-state index in [1.54, 1.807) is 32.4 Å². The van der Waals surface area contributed by atoms with Crippen molar-refractivity contribution in [3.63, 3.8) is 0 Å².